The van der Waals surface area contributed by atoms with Gasteiger partial charge in [-0.2, -0.15) is 0 Å². The van der Waals surface area contributed by atoms with Gasteiger partial charge in [0.05, 0.1) is 6.54 Å². The summed E-state index contributed by atoms with van der Waals surface area (Å²) in [5, 5.41) is 3.31. The van der Waals surface area contributed by atoms with Crippen LogP contribution in [0.15, 0.2) is 24.3 Å². The summed E-state index contributed by atoms with van der Waals surface area (Å²) in [6.07, 6.45) is 0.0364. The molecule has 19 heavy (non-hydrogen) atoms. The van der Waals surface area contributed by atoms with Gasteiger partial charge in [0, 0.05) is 6.54 Å². The molecule has 0 saturated carbocycles. The Kier molecular flexibility index (Phi) is 4.25. The van der Waals surface area contributed by atoms with Gasteiger partial charge in [0.2, 0.25) is 5.91 Å². The Hall–Kier alpha value is -1.35. The van der Waals surface area contributed by atoms with Crippen LogP contribution in [-0.2, 0) is 4.79 Å². The molecule has 0 aromatic heterocycles. The van der Waals surface area contributed by atoms with Crippen molar-refractivity contribution in [3.8, 4) is 0 Å². The van der Waals surface area contributed by atoms with Crippen LogP contribution in [0, 0.1) is 18.8 Å². The van der Waals surface area contributed by atoms with E-state index in [4.69, 9.17) is 0 Å². The first-order valence-electron chi connectivity index (χ1n) is 7.08. The zero-order valence-corrected chi connectivity index (χ0v) is 12.3. The fourth-order valence-corrected chi connectivity index (χ4v) is 2.31. The van der Waals surface area contributed by atoms with Crippen molar-refractivity contribution < 1.29 is 4.79 Å². The van der Waals surface area contributed by atoms with Crippen LogP contribution in [0.4, 0.5) is 0 Å². The van der Waals surface area contributed by atoms with Gasteiger partial charge < -0.3 is 4.90 Å². The smallest absolute Gasteiger partial charge is 0.238 e. The van der Waals surface area contributed by atoms with E-state index in [1.165, 1.54) is 11.1 Å². The van der Waals surface area contributed by atoms with E-state index >= 15 is 0 Å². The molecule has 0 radical (unpaired) electrons. The number of hydrogen-bond acceptors (Lipinski definition) is 2. The predicted molar refractivity (Wildman–Crippen MR) is 77.6 cm³/mol. The highest BCUT2D eigenvalue weighted by atomic mass is 16.2. The average molecular weight is 260 g/mol. The van der Waals surface area contributed by atoms with Crippen molar-refractivity contribution in [2.75, 3.05) is 13.1 Å². The second kappa shape index (κ2) is 5.74. The van der Waals surface area contributed by atoms with E-state index in [1.807, 2.05) is 4.90 Å². The van der Waals surface area contributed by atoms with Gasteiger partial charge in [0.25, 0.3) is 0 Å². The van der Waals surface area contributed by atoms with Crippen molar-refractivity contribution in [2.45, 2.75) is 33.9 Å². The molecule has 2 atom stereocenters. The van der Waals surface area contributed by atoms with E-state index in [2.05, 4.69) is 57.3 Å². The Labute approximate surface area is 116 Å². The third-order valence-electron chi connectivity index (χ3n) is 4.09. The van der Waals surface area contributed by atoms with Gasteiger partial charge in [-0.1, -0.05) is 50.6 Å². The first kappa shape index (κ1) is 14.1. The number of hydrogen-bond donors (Lipinski definition) is 1. The standard InChI is InChI=1S/C16H24N2O/c1-11(2)13(4)10-18-15(19)9-17-16(18)14-7-5-12(3)6-8-14/h5-8,11,13,16-17H,9-10H2,1-4H3. The largest absolute Gasteiger partial charge is 0.322 e. The predicted octanol–water partition coefficient (Wildman–Crippen LogP) is 2.72. The Morgan fingerprint density at radius 1 is 1.26 bits per heavy atom. The Bertz CT molecular complexity index is 439. The van der Waals surface area contributed by atoms with Crippen molar-refractivity contribution in [3.63, 3.8) is 0 Å². The zero-order valence-electron chi connectivity index (χ0n) is 12.3. The lowest BCUT2D eigenvalue weighted by atomic mass is 9.97. The lowest BCUT2D eigenvalue weighted by Gasteiger charge is -2.29. The van der Waals surface area contributed by atoms with Crippen LogP contribution < -0.4 is 5.32 Å². The molecule has 1 fully saturated rings. The van der Waals surface area contributed by atoms with Crippen LogP contribution in [0.3, 0.4) is 0 Å². The SMILES string of the molecule is Cc1ccc(C2NCC(=O)N2CC(C)C(C)C)cc1. The molecule has 3 heteroatoms. The first-order valence-corrected chi connectivity index (χ1v) is 7.08. The Morgan fingerprint density at radius 3 is 2.47 bits per heavy atom. The summed E-state index contributed by atoms with van der Waals surface area (Å²) >= 11 is 0. The highest BCUT2D eigenvalue weighted by Crippen LogP contribution is 2.25. The summed E-state index contributed by atoms with van der Waals surface area (Å²) in [6, 6.07) is 8.42. The van der Waals surface area contributed by atoms with E-state index in [1.54, 1.807) is 0 Å². The van der Waals surface area contributed by atoms with Crippen molar-refractivity contribution >= 4 is 5.91 Å². The molecule has 1 heterocycles. The van der Waals surface area contributed by atoms with Crippen molar-refractivity contribution in [3.05, 3.63) is 35.4 Å². The minimum absolute atomic E-state index is 0.0364. The minimum Gasteiger partial charge on any atom is -0.322 e. The minimum atomic E-state index is 0.0364. The molecular weight excluding hydrogens is 236 g/mol. The fraction of sp³-hybridized carbons (Fsp3) is 0.562. The number of benzene rings is 1. The summed E-state index contributed by atoms with van der Waals surface area (Å²) in [5.41, 5.74) is 2.42. The van der Waals surface area contributed by atoms with E-state index in [9.17, 15) is 4.79 Å². The molecule has 1 aromatic carbocycles. The van der Waals surface area contributed by atoms with Crippen LogP contribution in [0.25, 0.3) is 0 Å². The summed E-state index contributed by atoms with van der Waals surface area (Å²) in [4.78, 5) is 14.0. The van der Waals surface area contributed by atoms with Gasteiger partial charge in [-0.15, -0.1) is 0 Å². The van der Waals surface area contributed by atoms with Gasteiger partial charge in [-0.05, 0) is 24.3 Å². The normalized spacial score (nSPS) is 21.2. The topological polar surface area (TPSA) is 32.3 Å². The molecular formula is C16H24N2O. The van der Waals surface area contributed by atoms with Crippen molar-refractivity contribution in [1.29, 1.82) is 0 Å². The van der Waals surface area contributed by atoms with Gasteiger partial charge in [-0.25, -0.2) is 0 Å². The van der Waals surface area contributed by atoms with E-state index in [0.717, 1.165) is 6.54 Å². The number of nitrogens with one attached hydrogen (secondary N) is 1. The maximum absolute atomic E-state index is 12.0. The molecule has 1 saturated heterocycles. The summed E-state index contributed by atoms with van der Waals surface area (Å²) < 4.78 is 0. The van der Waals surface area contributed by atoms with Crippen LogP contribution in [0.2, 0.25) is 0 Å². The maximum atomic E-state index is 12.0. The molecule has 1 amide bonds. The molecule has 0 spiro atoms. The second-order valence-electron chi connectivity index (χ2n) is 5.96. The molecule has 2 rings (SSSR count). The Balaban J connectivity index is 2.15. The maximum Gasteiger partial charge on any atom is 0.238 e. The van der Waals surface area contributed by atoms with E-state index in [0.29, 0.717) is 18.4 Å². The van der Waals surface area contributed by atoms with Gasteiger partial charge in [0.1, 0.15) is 6.17 Å². The summed E-state index contributed by atoms with van der Waals surface area (Å²) in [6.45, 7) is 9.97. The van der Waals surface area contributed by atoms with Crippen LogP contribution in [0.5, 0.6) is 0 Å². The molecule has 104 valence electrons. The summed E-state index contributed by atoms with van der Waals surface area (Å²) in [5.74, 6) is 1.31. The third kappa shape index (κ3) is 3.16. The second-order valence-corrected chi connectivity index (χ2v) is 5.96. The third-order valence-corrected chi connectivity index (χ3v) is 4.09. The number of nitrogens with zero attached hydrogens (tertiary/aromatic N) is 1. The van der Waals surface area contributed by atoms with Gasteiger partial charge in [0.15, 0.2) is 0 Å². The van der Waals surface area contributed by atoms with Crippen molar-refractivity contribution in [1.82, 2.24) is 10.2 Å². The lowest BCUT2D eigenvalue weighted by Crippen LogP contribution is -2.35. The summed E-state index contributed by atoms with van der Waals surface area (Å²) in [7, 11) is 0. The van der Waals surface area contributed by atoms with E-state index in [-0.39, 0.29) is 12.1 Å². The van der Waals surface area contributed by atoms with E-state index < -0.39 is 0 Å². The number of carbonyl (C=O) groups excluding carboxylic acids is 1. The molecule has 3 nitrogen and oxygen atoms in total. The van der Waals surface area contributed by atoms with Crippen LogP contribution >= 0.6 is 0 Å². The number of carbonyl (C=O) groups is 1. The lowest BCUT2D eigenvalue weighted by molar-refractivity contribution is -0.128. The van der Waals surface area contributed by atoms with Gasteiger partial charge >= 0.3 is 0 Å². The average Bonchev–Trinajstić information content (AvgIpc) is 2.72. The molecule has 0 bridgehead atoms. The Morgan fingerprint density at radius 2 is 1.89 bits per heavy atom. The zero-order chi connectivity index (χ0) is 14.0. The van der Waals surface area contributed by atoms with Crippen molar-refractivity contribution in [2.24, 2.45) is 11.8 Å². The highest BCUT2D eigenvalue weighted by Gasteiger charge is 2.32. The fourth-order valence-electron chi connectivity index (χ4n) is 2.31. The molecule has 1 aliphatic heterocycles. The van der Waals surface area contributed by atoms with Crippen LogP contribution in [0.1, 0.15) is 38.1 Å². The number of aryl methyl sites for hydroxylation is 1. The molecule has 1 N–H and O–H groups in total. The quantitative estimate of drug-likeness (QED) is 0.902. The highest BCUT2D eigenvalue weighted by molar-refractivity contribution is 5.81. The molecule has 2 unspecified atom stereocenters. The molecule has 1 aromatic rings. The number of rotatable bonds is 4. The first-order chi connectivity index (χ1) is 8.99. The van der Waals surface area contributed by atoms with Crippen LogP contribution in [-0.4, -0.2) is 23.9 Å². The molecule has 1 aliphatic rings. The van der Waals surface area contributed by atoms with Gasteiger partial charge in [-0.3, -0.25) is 10.1 Å². The monoisotopic (exact) mass is 260 g/mol. The number of amides is 1. The molecule has 0 aliphatic carbocycles.